The van der Waals surface area contributed by atoms with Gasteiger partial charge in [0, 0.05) is 21.9 Å². The fraction of sp³-hybridized carbons (Fsp3) is 0.286. The largest absolute Gasteiger partial charge is 0.305 e. The maximum atomic E-state index is 12.1. The Kier molecular flexibility index (Phi) is 3.99. The van der Waals surface area contributed by atoms with E-state index in [0.29, 0.717) is 11.3 Å². The third-order valence-electron chi connectivity index (χ3n) is 3.50. The molecule has 1 N–H and O–H groups in total. The zero-order valence-corrected chi connectivity index (χ0v) is 13.9. The molecule has 0 bridgehead atoms. The fourth-order valence-corrected chi connectivity index (χ4v) is 5.53. The zero-order chi connectivity index (χ0) is 14.2. The minimum Gasteiger partial charge on any atom is -0.305 e. The highest BCUT2D eigenvalue weighted by atomic mass is 79.9. The van der Waals surface area contributed by atoms with E-state index < -0.39 is 9.84 Å². The van der Waals surface area contributed by atoms with Crippen LogP contribution < -0.4 is 5.32 Å². The van der Waals surface area contributed by atoms with Crippen molar-refractivity contribution in [2.24, 2.45) is 0 Å². The van der Waals surface area contributed by atoms with E-state index >= 15 is 0 Å². The molecule has 3 rings (SSSR count). The average Bonchev–Trinajstić information content (AvgIpc) is 2.84. The molecule has 20 heavy (non-hydrogen) atoms. The van der Waals surface area contributed by atoms with Crippen LogP contribution in [-0.2, 0) is 16.4 Å². The summed E-state index contributed by atoms with van der Waals surface area (Å²) >= 11 is 5.21. The molecule has 3 nitrogen and oxygen atoms in total. The number of halogens is 1. The van der Waals surface area contributed by atoms with Gasteiger partial charge in [0.1, 0.15) is 0 Å². The van der Waals surface area contributed by atoms with Crippen LogP contribution in [0.5, 0.6) is 0 Å². The number of benzene rings is 1. The number of hydrogen-bond donors (Lipinski definition) is 1. The number of rotatable bonds is 3. The van der Waals surface area contributed by atoms with E-state index in [1.807, 2.05) is 23.6 Å². The average molecular weight is 372 g/mol. The molecule has 2 aromatic rings. The second-order valence-corrected chi connectivity index (χ2v) is 8.70. The molecule has 106 valence electrons. The van der Waals surface area contributed by atoms with Gasteiger partial charge in [0.15, 0.2) is 9.84 Å². The van der Waals surface area contributed by atoms with Crippen LogP contribution in [0.15, 0.2) is 45.1 Å². The highest BCUT2D eigenvalue weighted by molar-refractivity contribution is 9.10. The highest BCUT2D eigenvalue weighted by Gasteiger charge is 2.29. The van der Waals surface area contributed by atoms with Gasteiger partial charge in [-0.3, -0.25) is 0 Å². The molecule has 6 heteroatoms. The van der Waals surface area contributed by atoms with Crippen molar-refractivity contribution in [1.82, 2.24) is 5.32 Å². The SMILES string of the molecule is O=S1(=O)CCC(NCc2sccc2Br)c2ccccc21. The standard InChI is InChI=1S/C14H14BrNO2S2/c15-11-5-7-19-13(11)9-16-12-6-8-20(17,18)14-4-2-1-3-10(12)14/h1-5,7,12,16H,6,8-9H2. The minimum atomic E-state index is -3.10. The van der Waals surface area contributed by atoms with Gasteiger partial charge < -0.3 is 5.32 Å². The molecule has 1 aromatic heterocycles. The summed E-state index contributed by atoms with van der Waals surface area (Å²) in [5.74, 6) is 0.216. The summed E-state index contributed by atoms with van der Waals surface area (Å²) in [6.07, 6.45) is 0.627. The second kappa shape index (κ2) is 5.60. The van der Waals surface area contributed by atoms with Crippen molar-refractivity contribution in [3.05, 3.63) is 50.6 Å². The third kappa shape index (κ3) is 2.70. The van der Waals surface area contributed by atoms with Crippen LogP contribution in [0.3, 0.4) is 0 Å². The van der Waals surface area contributed by atoms with Crippen molar-refractivity contribution in [3.8, 4) is 0 Å². The summed E-state index contributed by atoms with van der Waals surface area (Å²) in [6, 6.07) is 9.43. The summed E-state index contributed by atoms with van der Waals surface area (Å²) in [7, 11) is -3.10. The first-order chi connectivity index (χ1) is 9.58. The molecule has 0 fully saturated rings. The van der Waals surface area contributed by atoms with Crippen molar-refractivity contribution in [3.63, 3.8) is 0 Å². The molecule has 0 spiro atoms. The molecule has 0 aliphatic carbocycles. The zero-order valence-electron chi connectivity index (χ0n) is 10.7. The predicted octanol–water partition coefficient (Wildman–Crippen LogP) is 3.52. The Hall–Kier alpha value is -0.690. The first kappa shape index (κ1) is 14.3. The minimum absolute atomic E-state index is 0.101. The van der Waals surface area contributed by atoms with Gasteiger partial charge in [-0.25, -0.2) is 8.42 Å². The van der Waals surface area contributed by atoms with Crippen LogP contribution >= 0.6 is 27.3 Å². The molecular weight excluding hydrogens is 358 g/mol. The Balaban J connectivity index is 1.84. The van der Waals surface area contributed by atoms with Gasteiger partial charge >= 0.3 is 0 Å². The van der Waals surface area contributed by atoms with Crippen LogP contribution in [0, 0.1) is 0 Å². The van der Waals surface area contributed by atoms with Crippen LogP contribution in [0.25, 0.3) is 0 Å². The quantitative estimate of drug-likeness (QED) is 0.897. The van der Waals surface area contributed by atoms with Gasteiger partial charge in [-0.05, 0) is 45.4 Å². The maximum absolute atomic E-state index is 12.1. The van der Waals surface area contributed by atoms with Gasteiger partial charge in [0.25, 0.3) is 0 Å². The first-order valence-corrected chi connectivity index (χ1v) is 9.67. The molecule has 2 heterocycles. The number of hydrogen-bond acceptors (Lipinski definition) is 4. The van der Waals surface area contributed by atoms with Gasteiger partial charge in [-0.2, -0.15) is 0 Å². The topological polar surface area (TPSA) is 46.2 Å². The Morgan fingerprint density at radius 3 is 2.85 bits per heavy atom. The number of nitrogens with one attached hydrogen (secondary N) is 1. The van der Waals surface area contributed by atoms with E-state index in [1.165, 1.54) is 4.88 Å². The molecule has 0 radical (unpaired) electrons. The van der Waals surface area contributed by atoms with E-state index in [9.17, 15) is 8.42 Å². The lowest BCUT2D eigenvalue weighted by molar-refractivity contribution is 0.493. The van der Waals surface area contributed by atoms with Gasteiger partial charge in [-0.1, -0.05) is 18.2 Å². The summed E-state index contributed by atoms with van der Waals surface area (Å²) in [5.41, 5.74) is 0.895. The van der Waals surface area contributed by atoms with Crippen LogP contribution in [0.1, 0.15) is 22.9 Å². The van der Waals surface area contributed by atoms with Gasteiger partial charge in [0.2, 0.25) is 0 Å². The van der Waals surface area contributed by atoms with Crippen molar-refractivity contribution in [2.45, 2.75) is 23.9 Å². The normalized spacial score (nSPS) is 20.6. The van der Waals surface area contributed by atoms with Crippen molar-refractivity contribution < 1.29 is 8.42 Å². The van der Waals surface area contributed by atoms with Gasteiger partial charge in [0.05, 0.1) is 10.6 Å². The predicted molar refractivity (Wildman–Crippen MR) is 84.7 cm³/mol. The van der Waals surface area contributed by atoms with Gasteiger partial charge in [-0.15, -0.1) is 11.3 Å². The van der Waals surface area contributed by atoms with Crippen molar-refractivity contribution in [2.75, 3.05) is 5.75 Å². The van der Waals surface area contributed by atoms with E-state index in [-0.39, 0.29) is 11.8 Å². The fourth-order valence-electron chi connectivity index (χ4n) is 2.47. The highest BCUT2D eigenvalue weighted by Crippen LogP contribution is 2.32. The molecular formula is C14H14BrNO2S2. The lowest BCUT2D eigenvalue weighted by atomic mass is 10.0. The Morgan fingerprint density at radius 2 is 2.10 bits per heavy atom. The van der Waals surface area contributed by atoms with E-state index in [0.717, 1.165) is 16.6 Å². The van der Waals surface area contributed by atoms with Crippen molar-refractivity contribution >= 4 is 37.1 Å². The number of fused-ring (bicyclic) bond motifs is 1. The number of thiophene rings is 1. The van der Waals surface area contributed by atoms with Crippen molar-refractivity contribution in [1.29, 1.82) is 0 Å². The first-order valence-electron chi connectivity index (χ1n) is 6.35. The van der Waals surface area contributed by atoms with E-state index in [2.05, 4.69) is 21.2 Å². The molecule has 1 aliphatic rings. The Labute approximate surface area is 131 Å². The molecule has 0 saturated carbocycles. The second-order valence-electron chi connectivity index (χ2n) is 4.77. The van der Waals surface area contributed by atoms with Crippen LogP contribution in [0.2, 0.25) is 0 Å². The third-order valence-corrected chi connectivity index (χ3v) is 7.25. The monoisotopic (exact) mass is 371 g/mol. The number of sulfone groups is 1. The molecule has 1 aromatic carbocycles. The molecule has 1 atom stereocenters. The van der Waals surface area contributed by atoms with E-state index in [1.54, 1.807) is 23.5 Å². The smallest absolute Gasteiger partial charge is 0.178 e. The Morgan fingerprint density at radius 1 is 1.30 bits per heavy atom. The Bertz CT molecular complexity index is 724. The lowest BCUT2D eigenvalue weighted by Crippen LogP contribution is -2.29. The molecule has 0 saturated heterocycles. The summed E-state index contributed by atoms with van der Waals surface area (Å²) in [5, 5.41) is 5.52. The summed E-state index contributed by atoms with van der Waals surface area (Å²) in [4.78, 5) is 1.71. The van der Waals surface area contributed by atoms with Crippen LogP contribution in [0.4, 0.5) is 0 Å². The summed E-state index contributed by atoms with van der Waals surface area (Å²) in [6.45, 7) is 0.747. The molecule has 1 unspecified atom stereocenters. The summed E-state index contributed by atoms with van der Waals surface area (Å²) < 4.78 is 25.2. The molecule has 1 aliphatic heterocycles. The van der Waals surface area contributed by atoms with E-state index in [4.69, 9.17) is 0 Å². The maximum Gasteiger partial charge on any atom is 0.178 e. The lowest BCUT2D eigenvalue weighted by Gasteiger charge is -2.26. The molecule has 0 amide bonds. The van der Waals surface area contributed by atoms with Crippen LogP contribution in [-0.4, -0.2) is 14.2 Å².